The van der Waals surface area contributed by atoms with Gasteiger partial charge in [-0.1, -0.05) is 48.0 Å². The fourth-order valence-corrected chi connectivity index (χ4v) is 1.98. The predicted octanol–water partition coefficient (Wildman–Crippen LogP) is 4.67. The highest BCUT2D eigenvalue weighted by atomic mass is 19.4. The van der Waals surface area contributed by atoms with E-state index in [1.54, 1.807) is 19.1 Å². The molecule has 2 N–H and O–H groups in total. The van der Waals surface area contributed by atoms with Crippen LogP contribution in [0, 0.1) is 6.92 Å². The Morgan fingerprint density at radius 2 is 1.35 bits per heavy atom. The minimum Gasteiger partial charge on any atom is -0.355 e. The second-order valence-electron chi connectivity index (χ2n) is 5.49. The van der Waals surface area contributed by atoms with Crippen molar-refractivity contribution in [3.8, 4) is 0 Å². The Labute approximate surface area is 145 Å². The fraction of sp³-hybridized carbons (Fsp3) is 0.235. The molecule has 0 bridgehead atoms. The average molecular weight is 376 g/mol. The Morgan fingerprint density at radius 3 is 1.81 bits per heavy atom. The van der Waals surface area contributed by atoms with Crippen LogP contribution in [-0.4, -0.2) is 29.0 Å². The van der Waals surface area contributed by atoms with Crippen LogP contribution < -0.4 is 5.32 Å². The number of nitrogens with zero attached hydrogens (tertiary/aromatic N) is 1. The summed E-state index contributed by atoms with van der Waals surface area (Å²) in [6, 6.07) is 13.1. The number of hydrogen-bond donors (Lipinski definition) is 2. The number of aryl methyl sites for hydroxylation is 1. The van der Waals surface area contributed by atoms with Crippen LogP contribution in [0.25, 0.3) is 0 Å². The number of benzene rings is 2. The van der Waals surface area contributed by atoms with Gasteiger partial charge in [0.1, 0.15) is 5.84 Å². The highest BCUT2D eigenvalue weighted by Crippen LogP contribution is 2.44. The molecule has 2 aromatic rings. The summed E-state index contributed by atoms with van der Waals surface area (Å²) >= 11 is 0. The molecule has 0 spiro atoms. The summed E-state index contributed by atoms with van der Waals surface area (Å²) in [5, 5.41) is 11.8. The Kier molecular flexibility index (Phi) is 5.31. The van der Waals surface area contributed by atoms with E-state index in [2.05, 4.69) is 10.3 Å². The van der Waals surface area contributed by atoms with Crippen molar-refractivity contribution in [2.75, 3.05) is 5.32 Å². The summed E-state index contributed by atoms with van der Waals surface area (Å²) in [6.07, 6.45) is -12.1. The average Bonchev–Trinajstić information content (AvgIpc) is 2.55. The van der Waals surface area contributed by atoms with E-state index in [1.165, 1.54) is 42.5 Å². The van der Waals surface area contributed by atoms with Gasteiger partial charge in [0.05, 0.1) is 0 Å². The predicted molar refractivity (Wildman–Crippen MR) is 84.8 cm³/mol. The molecule has 0 aromatic heterocycles. The molecule has 0 aliphatic rings. The minimum atomic E-state index is -6.06. The van der Waals surface area contributed by atoms with Crippen LogP contribution in [0.15, 0.2) is 59.6 Å². The third-order valence-electron chi connectivity index (χ3n) is 3.43. The van der Waals surface area contributed by atoms with Gasteiger partial charge in [0, 0.05) is 11.3 Å². The van der Waals surface area contributed by atoms with Crippen LogP contribution in [0.1, 0.15) is 11.1 Å². The first-order valence-electron chi connectivity index (χ1n) is 7.29. The lowest BCUT2D eigenvalue weighted by atomic mass is 10.1. The zero-order chi connectivity index (χ0) is 19.6. The Bertz CT molecular complexity index is 753. The highest BCUT2D eigenvalue weighted by Gasteiger charge is 2.71. The SMILES string of the molecule is Cc1ccc(NC(=NC(O)(C(F)(F)F)C(F)(F)F)c2ccccc2)cc1. The molecule has 0 radical (unpaired) electrons. The van der Waals surface area contributed by atoms with E-state index in [0.717, 1.165) is 5.56 Å². The minimum absolute atomic E-state index is 0.0556. The molecule has 0 amide bonds. The maximum absolute atomic E-state index is 13.0. The molecule has 0 aliphatic heterocycles. The largest absolute Gasteiger partial charge is 0.448 e. The van der Waals surface area contributed by atoms with Crippen molar-refractivity contribution in [2.45, 2.75) is 25.0 Å². The number of halogens is 6. The second kappa shape index (κ2) is 6.99. The number of amidine groups is 1. The summed E-state index contributed by atoms with van der Waals surface area (Å²) in [7, 11) is 0. The Hall–Kier alpha value is -2.55. The van der Waals surface area contributed by atoms with E-state index in [0.29, 0.717) is 0 Å². The maximum atomic E-state index is 13.0. The highest BCUT2D eigenvalue weighted by molar-refractivity contribution is 6.08. The van der Waals surface area contributed by atoms with Gasteiger partial charge in [-0.25, -0.2) is 4.99 Å². The maximum Gasteiger partial charge on any atom is 0.448 e. The Balaban J connectivity index is 2.58. The quantitative estimate of drug-likeness (QED) is 0.465. The molecular weight excluding hydrogens is 362 g/mol. The van der Waals surface area contributed by atoms with Crippen molar-refractivity contribution in [3.63, 3.8) is 0 Å². The molecule has 0 saturated heterocycles. The molecule has 0 aliphatic carbocycles. The van der Waals surface area contributed by atoms with Gasteiger partial charge in [0.25, 0.3) is 0 Å². The number of aliphatic imine (C=N–C) groups is 1. The molecule has 0 fully saturated rings. The molecule has 0 atom stereocenters. The number of anilines is 1. The van der Waals surface area contributed by atoms with Crippen LogP contribution in [0.3, 0.4) is 0 Å². The van der Waals surface area contributed by atoms with E-state index in [4.69, 9.17) is 0 Å². The van der Waals surface area contributed by atoms with Crippen LogP contribution in [0.5, 0.6) is 0 Å². The van der Waals surface area contributed by atoms with E-state index in [9.17, 15) is 31.4 Å². The molecule has 0 unspecified atom stereocenters. The first-order valence-corrected chi connectivity index (χ1v) is 7.29. The molecule has 2 rings (SSSR count). The van der Waals surface area contributed by atoms with Crippen LogP contribution in [0.4, 0.5) is 32.0 Å². The van der Waals surface area contributed by atoms with E-state index in [-0.39, 0.29) is 11.3 Å². The number of aliphatic hydroxyl groups is 1. The summed E-state index contributed by atoms with van der Waals surface area (Å²) in [4.78, 5) is 2.65. The van der Waals surface area contributed by atoms with Crippen molar-refractivity contribution in [3.05, 3.63) is 65.7 Å². The van der Waals surface area contributed by atoms with Crippen molar-refractivity contribution in [1.82, 2.24) is 0 Å². The van der Waals surface area contributed by atoms with Gasteiger partial charge >= 0.3 is 18.1 Å². The summed E-state index contributed by atoms with van der Waals surface area (Å²) in [5.74, 6) is -0.772. The summed E-state index contributed by atoms with van der Waals surface area (Å²) in [5.41, 5.74) is -4.25. The van der Waals surface area contributed by atoms with Crippen molar-refractivity contribution >= 4 is 11.5 Å². The van der Waals surface area contributed by atoms with E-state index >= 15 is 0 Å². The van der Waals surface area contributed by atoms with Crippen molar-refractivity contribution in [2.24, 2.45) is 4.99 Å². The molecule has 0 saturated carbocycles. The van der Waals surface area contributed by atoms with Gasteiger partial charge < -0.3 is 10.4 Å². The molecule has 140 valence electrons. The first kappa shape index (κ1) is 19.8. The van der Waals surface area contributed by atoms with E-state index < -0.39 is 23.9 Å². The summed E-state index contributed by atoms with van der Waals surface area (Å²) < 4.78 is 77.8. The lowest BCUT2D eigenvalue weighted by Crippen LogP contribution is -2.56. The third-order valence-corrected chi connectivity index (χ3v) is 3.43. The van der Waals surface area contributed by atoms with Gasteiger partial charge in [0.15, 0.2) is 0 Å². The van der Waals surface area contributed by atoms with Gasteiger partial charge in [0.2, 0.25) is 0 Å². The van der Waals surface area contributed by atoms with Crippen LogP contribution in [-0.2, 0) is 0 Å². The topological polar surface area (TPSA) is 44.6 Å². The third kappa shape index (κ3) is 4.16. The Morgan fingerprint density at radius 1 is 0.846 bits per heavy atom. The lowest BCUT2D eigenvalue weighted by molar-refractivity contribution is -0.364. The normalized spacial score (nSPS) is 13.6. The zero-order valence-electron chi connectivity index (χ0n) is 13.4. The molecular formula is C17H14F6N2O. The smallest absolute Gasteiger partial charge is 0.355 e. The molecule has 2 aromatic carbocycles. The molecule has 0 heterocycles. The fourth-order valence-electron chi connectivity index (χ4n) is 1.98. The molecule has 9 heteroatoms. The van der Waals surface area contributed by atoms with Gasteiger partial charge in [-0.2, -0.15) is 26.3 Å². The first-order chi connectivity index (χ1) is 11.9. The van der Waals surface area contributed by atoms with Gasteiger partial charge in [-0.3, -0.25) is 0 Å². The number of rotatable bonds is 3. The second-order valence-corrected chi connectivity index (χ2v) is 5.49. The zero-order valence-corrected chi connectivity index (χ0v) is 13.4. The van der Waals surface area contributed by atoms with Gasteiger partial charge in [-0.05, 0) is 19.1 Å². The number of hydrogen-bond acceptors (Lipinski definition) is 2. The number of alkyl halides is 6. The molecule has 26 heavy (non-hydrogen) atoms. The lowest BCUT2D eigenvalue weighted by Gasteiger charge is -2.29. The van der Waals surface area contributed by atoms with Crippen LogP contribution >= 0.6 is 0 Å². The van der Waals surface area contributed by atoms with Crippen LogP contribution in [0.2, 0.25) is 0 Å². The standard InChI is InChI=1S/C17H14F6N2O/c1-11-7-9-13(10-8-11)24-14(12-5-3-2-4-6-12)25-15(26,16(18,19)20)17(21,22)23/h2-10,26H,1H3,(H,24,25). The number of nitrogens with one attached hydrogen (secondary N) is 1. The monoisotopic (exact) mass is 376 g/mol. The summed E-state index contributed by atoms with van der Waals surface area (Å²) in [6.45, 7) is 1.77. The molecule has 3 nitrogen and oxygen atoms in total. The van der Waals surface area contributed by atoms with E-state index in [1.807, 2.05) is 0 Å². The van der Waals surface area contributed by atoms with Gasteiger partial charge in [-0.15, -0.1) is 0 Å². The van der Waals surface area contributed by atoms with Crippen molar-refractivity contribution < 1.29 is 31.4 Å². The van der Waals surface area contributed by atoms with Crippen molar-refractivity contribution in [1.29, 1.82) is 0 Å².